The Morgan fingerprint density at radius 1 is 1.02 bits per heavy atom. The number of benzene rings is 2. The van der Waals surface area contributed by atoms with Crippen molar-refractivity contribution < 1.29 is 41.9 Å². The Morgan fingerprint density at radius 3 is 2.18 bits per heavy atom. The first-order valence-electron chi connectivity index (χ1n) is 16.1. The Kier molecular flexibility index (Phi) is 13.4. The molecule has 1 heterocycles. The number of methoxy groups -OCH3 is 1. The van der Waals surface area contributed by atoms with E-state index in [1.165, 1.54) is 24.1 Å². The molecule has 2 aromatic carbocycles. The predicted octanol–water partition coefficient (Wildman–Crippen LogP) is 3.58. The molecule has 0 spiro atoms. The number of para-hydroxylation sites is 1. The predicted molar refractivity (Wildman–Crippen MR) is 181 cm³/mol. The maximum Gasteiger partial charge on any atom is 0.329 e. The van der Waals surface area contributed by atoms with Gasteiger partial charge >= 0.3 is 11.9 Å². The van der Waals surface area contributed by atoms with Crippen molar-refractivity contribution in [2.75, 3.05) is 13.7 Å². The largest absolute Gasteiger partial charge is 0.468 e. The van der Waals surface area contributed by atoms with Gasteiger partial charge in [-0.1, -0.05) is 70.2 Å². The second kappa shape index (κ2) is 16.7. The Balaban J connectivity index is 2.22. The topological polar surface area (TPSA) is 183 Å². The van der Waals surface area contributed by atoms with Crippen LogP contribution in [0.5, 0.6) is 0 Å². The summed E-state index contributed by atoms with van der Waals surface area (Å²) in [4.78, 5) is 53.0. The molecule has 1 saturated heterocycles. The maximum absolute atomic E-state index is 14.6. The van der Waals surface area contributed by atoms with E-state index >= 15 is 0 Å². The van der Waals surface area contributed by atoms with Crippen LogP contribution < -0.4 is 10.0 Å². The van der Waals surface area contributed by atoms with Gasteiger partial charge in [0.2, 0.25) is 15.9 Å². The number of nitrogens with one attached hydrogen (secondary N) is 2. The number of nitro groups is 1. The number of hydrogen-bond donors (Lipinski definition) is 2. The molecule has 5 atom stereocenters. The molecule has 1 amide bonds. The van der Waals surface area contributed by atoms with E-state index in [2.05, 4.69) is 10.0 Å². The average molecular weight is 705 g/mol. The minimum absolute atomic E-state index is 0.00410. The monoisotopic (exact) mass is 704 g/mol. The highest BCUT2D eigenvalue weighted by Gasteiger charge is 2.50. The lowest BCUT2D eigenvalue weighted by Crippen LogP contribution is -2.72. The molecule has 0 unspecified atom stereocenters. The van der Waals surface area contributed by atoms with Crippen LogP contribution in [0.3, 0.4) is 0 Å². The molecule has 1 aliphatic heterocycles. The fourth-order valence-electron chi connectivity index (χ4n) is 5.58. The van der Waals surface area contributed by atoms with Crippen molar-refractivity contribution in [1.29, 1.82) is 0 Å². The van der Waals surface area contributed by atoms with E-state index in [0.717, 1.165) is 17.7 Å². The first-order valence-corrected chi connectivity index (χ1v) is 17.6. The lowest BCUT2D eigenvalue weighted by atomic mass is 9.90. The second-order valence-corrected chi connectivity index (χ2v) is 15.4. The molecular weight excluding hydrogens is 656 g/mol. The van der Waals surface area contributed by atoms with Gasteiger partial charge in [0.05, 0.1) is 30.8 Å². The van der Waals surface area contributed by atoms with Gasteiger partial charge in [-0.25, -0.2) is 17.9 Å². The summed E-state index contributed by atoms with van der Waals surface area (Å²) < 4.78 is 47.5. The van der Waals surface area contributed by atoms with Gasteiger partial charge in [0.1, 0.15) is 23.7 Å². The number of amides is 1. The van der Waals surface area contributed by atoms with Gasteiger partial charge < -0.3 is 19.1 Å². The fourth-order valence-corrected chi connectivity index (χ4v) is 7.02. The maximum atomic E-state index is 14.6. The van der Waals surface area contributed by atoms with E-state index in [9.17, 15) is 32.9 Å². The summed E-state index contributed by atoms with van der Waals surface area (Å²) in [6.45, 7) is 12.1. The summed E-state index contributed by atoms with van der Waals surface area (Å²) in [5.41, 5.74) is -0.792. The number of esters is 2. The minimum atomic E-state index is -4.68. The van der Waals surface area contributed by atoms with Crippen LogP contribution >= 0.6 is 0 Å². The molecule has 1 aliphatic rings. The van der Waals surface area contributed by atoms with Crippen molar-refractivity contribution in [3.63, 3.8) is 0 Å². The number of rotatable bonds is 15. The summed E-state index contributed by atoms with van der Waals surface area (Å²) in [7, 11) is -3.49. The normalized spacial score (nSPS) is 19.8. The van der Waals surface area contributed by atoms with Gasteiger partial charge in [0.15, 0.2) is 4.90 Å². The zero-order valence-electron chi connectivity index (χ0n) is 29.2. The Labute approximate surface area is 288 Å². The van der Waals surface area contributed by atoms with Crippen molar-refractivity contribution in [2.45, 2.75) is 102 Å². The number of nitro benzene ring substituents is 1. The summed E-state index contributed by atoms with van der Waals surface area (Å²) >= 11 is 0. The third-order valence-corrected chi connectivity index (χ3v) is 9.37. The molecule has 270 valence electrons. The molecule has 3 rings (SSSR count). The van der Waals surface area contributed by atoms with Crippen molar-refractivity contribution >= 4 is 33.6 Å². The van der Waals surface area contributed by atoms with Crippen molar-refractivity contribution in [3.8, 4) is 0 Å². The summed E-state index contributed by atoms with van der Waals surface area (Å²) in [6.07, 6.45) is -0.897. The number of ether oxygens (including phenoxy) is 3. The van der Waals surface area contributed by atoms with E-state index in [-0.39, 0.29) is 25.5 Å². The van der Waals surface area contributed by atoms with Gasteiger partial charge in [-0.2, -0.15) is 0 Å². The van der Waals surface area contributed by atoms with Crippen molar-refractivity contribution in [3.05, 3.63) is 70.3 Å². The summed E-state index contributed by atoms with van der Waals surface area (Å²) in [5, 5.41) is 14.8. The number of nitrogens with zero attached hydrogens (tertiary/aromatic N) is 2. The average Bonchev–Trinajstić information content (AvgIpc) is 3.02. The van der Waals surface area contributed by atoms with Crippen LogP contribution in [0, 0.1) is 22.0 Å². The first kappa shape index (κ1) is 39.5. The number of likely N-dealkylation sites (tertiary alicyclic amines) is 1. The molecule has 15 heteroatoms. The van der Waals surface area contributed by atoms with Crippen LogP contribution in [0.25, 0.3) is 0 Å². The summed E-state index contributed by atoms with van der Waals surface area (Å²) in [6, 6.07) is 8.82. The van der Waals surface area contributed by atoms with E-state index in [1.807, 2.05) is 32.0 Å². The van der Waals surface area contributed by atoms with Crippen molar-refractivity contribution in [2.24, 2.45) is 11.8 Å². The van der Waals surface area contributed by atoms with Gasteiger partial charge in [0, 0.05) is 12.6 Å². The van der Waals surface area contributed by atoms with Crippen LogP contribution in [0.2, 0.25) is 0 Å². The van der Waals surface area contributed by atoms with Gasteiger partial charge in [0.25, 0.3) is 5.69 Å². The number of sulfonamides is 1. The highest BCUT2D eigenvalue weighted by molar-refractivity contribution is 7.89. The van der Waals surface area contributed by atoms with E-state index in [1.54, 1.807) is 46.8 Å². The molecular formula is C34H48N4O10S. The van der Waals surface area contributed by atoms with Gasteiger partial charge in [-0.05, 0) is 50.7 Å². The minimum Gasteiger partial charge on any atom is -0.468 e. The van der Waals surface area contributed by atoms with Crippen LogP contribution in [0.4, 0.5) is 5.69 Å². The lowest BCUT2D eigenvalue weighted by Gasteiger charge is -2.46. The van der Waals surface area contributed by atoms with E-state index < -0.39 is 85.2 Å². The molecule has 2 N–H and O–H groups in total. The third-order valence-electron chi connectivity index (χ3n) is 7.87. The second-order valence-electron chi connectivity index (χ2n) is 13.8. The first-order chi connectivity index (χ1) is 22.9. The third kappa shape index (κ3) is 10.5. The zero-order chi connectivity index (χ0) is 36.7. The molecule has 1 fully saturated rings. The number of carbonyl (C=O) groups excluding carboxylic acids is 3. The van der Waals surface area contributed by atoms with Crippen LogP contribution in [0.1, 0.15) is 60.5 Å². The molecule has 2 aromatic rings. The van der Waals surface area contributed by atoms with Gasteiger partial charge in [-0.3, -0.25) is 25.0 Å². The number of hydrogen-bond acceptors (Lipinski definition) is 11. The smallest absolute Gasteiger partial charge is 0.329 e. The molecule has 49 heavy (non-hydrogen) atoms. The molecule has 14 nitrogen and oxygen atoms in total. The molecule has 0 radical (unpaired) electrons. The van der Waals surface area contributed by atoms with E-state index in [4.69, 9.17) is 14.2 Å². The highest BCUT2D eigenvalue weighted by atomic mass is 32.2. The molecule has 0 aliphatic carbocycles. The lowest BCUT2D eigenvalue weighted by molar-refractivity contribution is -0.387. The van der Waals surface area contributed by atoms with E-state index in [0.29, 0.717) is 0 Å². The molecule has 0 aromatic heterocycles. The van der Waals surface area contributed by atoms with Crippen LogP contribution in [0.15, 0.2) is 59.5 Å². The Hall–Kier alpha value is -3.92. The Morgan fingerprint density at radius 2 is 1.63 bits per heavy atom. The van der Waals surface area contributed by atoms with Gasteiger partial charge in [-0.15, -0.1) is 0 Å². The van der Waals surface area contributed by atoms with Crippen molar-refractivity contribution in [1.82, 2.24) is 14.9 Å². The highest BCUT2D eigenvalue weighted by Crippen LogP contribution is 2.29. The standard InChI is InChI=1S/C34H48N4O10S/c1-21(2)18-25(32(40)48-34(5,6)7)37-19-26(47-20-23-14-10-9-11-15-23)29(30(31(37)39)35-28(22(3)4)33(41)46-8)36-49(44,45)27-17-13-12-16-24(27)38(42)43/h9-17,21-22,25-26,28-30,35-36H,18-20H2,1-8H3/t25-,26+,28-,29+,30-/m0/s1. The quantitative estimate of drug-likeness (QED) is 0.157. The summed E-state index contributed by atoms with van der Waals surface area (Å²) in [5.74, 6) is -2.53. The fraction of sp³-hybridized carbons (Fsp3) is 0.559. The number of carbonyl (C=O) groups is 3. The molecule has 0 bridgehead atoms. The SMILES string of the molecule is COC(=O)[C@@H](N[C@@H]1C(=O)N([C@@H](CC(C)C)C(=O)OC(C)(C)C)C[C@@H](OCc2ccccc2)[C@H]1NS(=O)(=O)c1ccccc1[N+](=O)[O-])C(C)C. The zero-order valence-corrected chi connectivity index (χ0v) is 30.1. The number of piperidine rings is 1. The van der Waals surface area contributed by atoms with Crippen LogP contribution in [-0.4, -0.2) is 85.6 Å². The Bertz CT molecular complexity index is 1580. The molecule has 0 saturated carbocycles. The van der Waals surface area contributed by atoms with Crippen LogP contribution in [-0.2, 0) is 45.2 Å².